The number of aryl methyl sites for hydroxylation is 2. The lowest BCUT2D eigenvalue weighted by Gasteiger charge is -2.13. The highest BCUT2D eigenvalue weighted by Gasteiger charge is 2.16. The molecule has 0 aliphatic heterocycles. The summed E-state index contributed by atoms with van der Waals surface area (Å²) < 4.78 is 2.41. The molecule has 0 radical (unpaired) electrons. The number of aromatic nitrogens is 2. The predicted octanol–water partition coefficient (Wildman–Crippen LogP) is 2.48. The smallest absolute Gasteiger partial charge is 0.106 e. The van der Waals surface area contributed by atoms with E-state index in [1.54, 1.807) is 0 Å². The minimum Gasteiger partial charge on any atom is -0.332 e. The van der Waals surface area contributed by atoms with Gasteiger partial charge in [-0.25, -0.2) is 4.98 Å². The van der Waals surface area contributed by atoms with Gasteiger partial charge in [0.2, 0.25) is 0 Å². The van der Waals surface area contributed by atoms with Crippen LogP contribution in [-0.4, -0.2) is 9.55 Å². The van der Waals surface area contributed by atoms with Crippen LogP contribution in [0, 0.1) is 6.92 Å². The third-order valence-electron chi connectivity index (χ3n) is 2.87. The standard InChI is InChI=1S/C11H18N2/c1-3-8-13-9(2)12-10-6-4-5-7-11(10)13/h3-8H2,1-2H3. The zero-order chi connectivity index (χ0) is 9.26. The van der Waals surface area contributed by atoms with Crippen LogP contribution in [0.5, 0.6) is 0 Å². The van der Waals surface area contributed by atoms with Gasteiger partial charge in [-0.05, 0) is 39.0 Å². The first kappa shape index (κ1) is 8.79. The molecule has 1 heterocycles. The second-order valence-corrected chi connectivity index (χ2v) is 3.91. The van der Waals surface area contributed by atoms with Gasteiger partial charge in [0.25, 0.3) is 0 Å². The largest absolute Gasteiger partial charge is 0.332 e. The quantitative estimate of drug-likeness (QED) is 0.680. The lowest BCUT2D eigenvalue weighted by atomic mass is 10.0. The second kappa shape index (κ2) is 3.52. The summed E-state index contributed by atoms with van der Waals surface area (Å²) in [5.41, 5.74) is 2.89. The Morgan fingerprint density at radius 2 is 2.08 bits per heavy atom. The van der Waals surface area contributed by atoms with E-state index in [2.05, 4.69) is 23.4 Å². The Kier molecular flexibility index (Phi) is 2.38. The molecule has 13 heavy (non-hydrogen) atoms. The molecule has 0 fully saturated rings. The summed E-state index contributed by atoms with van der Waals surface area (Å²) in [7, 11) is 0. The van der Waals surface area contributed by atoms with Gasteiger partial charge in [-0.3, -0.25) is 0 Å². The van der Waals surface area contributed by atoms with Crippen molar-refractivity contribution in [3.8, 4) is 0 Å². The molecule has 0 saturated carbocycles. The fourth-order valence-electron chi connectivity index (χ4n) is 2.26. The van der Waals surface area contributed by atoms with Gasteiger partial charge in [-0.1, -0.05) is 6.92 Å². The molecule has 2 heteroatoms. The minimum absolute atomic E-state index is 1.15. The molecule has 0 amide bonds. The maximum atomic E-state index is 4.63. The van der Waals surface area contributed by atoms with E-state index >= 15 is 0 Å². The van der Waals surface area contributed by atoms with E-state index in [1.807, 2.05) is 0 Å². The summed E-state index contributed by atoms with van der Waals surface area (Å²) in [6, 6.07) is 0. The zero-order valence-corrected chi connectivity index (χ0v) is 8.64. The monoisotopic (exact) mass is 178 g/mol. The van der Waals surface area contributed by atoms with Gasteiger partial charge in [0.15, 0.2) is 0 Å². The molecule has 1 aliphatic carbocycles. The van der Waals surface area contributed by atoms with E-state index in [0.717, 1.165) is 6.54 Å². The van der Waals surface area contributed by atoms with E-state index in [1.165, 1.54) is 49.3 Å². The molecular formula is C11H18N2. The second-order valence-electron chi connectivity index (χ2n) is 3.91. The zero-order valence-electron chi connectivity index (χ0n) is 8.64. The van der Waals surface area contributed by atoms with Crippen LogP contribution in [0.2, 0.25) is 0 Å². The van der Waals surface area contributed by atoms with Crippen LogP contribution < -0.4 is 0 Å². The highest BCUT2D eigenvalue weighted by Crippen LogP contribution is 2.22. The summed E-state index contributed by atoms with van der Waals surface area (Å²) in [6.45, 7) is 5.51. The lowest BCUT2D eigenvalue weighted by Crippen LogP contribution is -2.09. The Bertz CT molecular complexity index is 299. The third-order valence-corrected chi connectivity index (χ3v) is 2.87. The first-order valence-corrected chi connectivity index (χ1v) is 5.37. The van der Waals surface area contributed by atoms with Gasteiger partial charge in [0.05, 0.1) is 5.69 Å². The average molecular weight is 178 g/mol. The molecule has 1 aromatic heterocycles. The number of fused-ring (bicyclic) bond motifs is 1. The van der Waals surface area contributed by atoms with Crippen molar-refractivity contribution in [2.24, 2.45) is 0 Å². The van der Waals surface area contributed by atoms with Crippen LogP contribution in [0.4, 0.5) is 0 Å². The Hall–Kier alpha value is -0.790. The molecule has 0 bridgehead atoms. The van der Waals surface area contributed by atoms with E-state index in [9.17, 15) is 0 Å². The van der Waals surface area contributed by atoms with E-state index in [0.29, 0.717) is 0 Å². The molecule has 0 spiro atoms. The van der Waals surface area contributed by atoms with Gasteiger partial charge in [0.1, 0.15) is 5.82 Å². The highest BCUT2D eigenvalue weighted by atomic mass is 15.1. The molecule has 2 rings (SSSR count). The number of hydrogen-bond acceptors (Lipinski definition) is 1. The van der Waals surface area contributed by atoms with Crippen LogP contribution in [0.1, 0.15) is 43.4 Å². The molecule has 0 N–H and O–H groups in total. The summed E-state index contributed by atoms with van der Waals surface area (Å²) in [6.07, 6.45) is 6.34. The van der Waals surface area contributed by atoms with Gasteiger partial charge >= 0.3 is 0 Å². The molecule has 1 aromatic rings. The van der Waals surface area contributed by atoms with Gasteiger partial charge in [-0.15, -0.1) is 0 Å². The average Bonchev–Trinajstić information content (AvgIpc) is 2.44. The molecule has 2 nitrogen and oxygen atoms in total. The number of hydrogen-bond donors (Lipinski definition) is 0. The minimum atomic E-state index is 1.15. The summed E-state index contributed by atoms with van der Waals surface area (Å²) >= 11 is 0. The molecule has 0 saturated heterocycles. The Morgan fingerprint density at radius 3 is 2.85 bits per heavy atom. The Labute approximate surface area is 80.0 Å². The molecular weight excluding hydrogens is 160 g/mol. The summed E-state index contributed by atoms with van der Waals surface area (Å²) in [5.74, 6) is 1.22. The first-order valence-electron chi connectivity index (χ1n) is 5.37. The molecule has 0 atom stereocenters. The normalized spacial score (nSPS) is 15.8. The summed E-state index contributed by atoms with van der Waals surface area (Å²) in [5, 5.41) is 0. The highest BCUT2D eigenvalue weighted by molar-refractivity contribution is 5.19. The molecule has 0 unspecified atom stereocenters. The fraction of sp³-hybridized carbons (Fsp3) is 0.727. The summed E-state index contributed by atoms with van der Waals surface area (Å²) in [4.78, 5) is 4.63. The number of rotatable bonds is 2. The molecule has 0 aromatic carbocycles. The lowest BCUT2D eigenvalue weighted by molar-refractivity contribution is 0.588. The van der Waals surface area contributed by atoms with Crippen molar-refractivity contribution in [2.75, 3.05) is 0 Å². The molecule has 1 aliphatic rings. The number of nitrogens with zero attached hydrogens (tertiary/aromatic N) is 2. The SMILES string of the molecule is CCCn1c(C)nc2c1CCCC2. The number of imidazole rings is 1. The van der Waals surface area contributed by atoms with Gasteiger partial charge in [0, 0.05) is 12.2 Å². The van der Waals surface area contributed by atoms with Crippen LogP contribution in [-0.2, 0) is 19.4 Å². The van der Waals surface area contributed by atoms with Crippen molar-refractivity contribution in [1.82, 2.24) is 9.55 Å². The van der Waals surface area contributed by atoms with E-state index in [-0.39, 0.29) is 0 Å². The maximum absolute atomic E-state index is 4.63. The fourth-order valence-corrected chi connectivity index (χ4v) is 2.26. The Morgan fingerprint density at radius 1 is 1.31 bits per heavy atom. The van der Waals surface area contributed by atoms with Crippen LogP contribution in [0.25, 0.3) is 0 Å². The van der Waals surface area contributed by atoms with E-state index in [4.69, 9.17) is 0 Å². The van der Waals surface area contributed by atoms with Crippen LogP contribution >= 0.6 is 0 Å². The van der Waals surface area contributed by atoms with Crippen molar-refractivity contribution < 1.29 is 0 Å². The Balaban J connectivity index is 2.36. The van der Waals surface area contributed by atoms with Crippen LogP contribution in [0.15, 0.2) is 0 Å². The van der Waals surface area contributed by atoms with Gasteiger partial charge in [-0.2, -0.15) is 0 Å². The third kappa shape index (κ3) is 1.50. The van der Waals surface area contributed by atoms with Crippen molar-refractivity contribution in [3.05, 3.63) is 17.2 Å². The van der Waals surface area contributed by atoms with E-state index < -0.39 is 0 Å². The van der Waals surface area contributed by atoms with Crippen molar-refractivity contribution in [2.45, 2.75) is 52.5 Å². The maximum Gasteiger partial charge on any atom is 0.106 e. The topological polar surface area (TPSA) is 17.8 Å². The molecule has 72 valence electrons. The van der Waals surface area contributed by atoms with Gasteiger partial charge < -0.3 is 4.57 Å². The predicted molar refractivity (Wildman–Crippen MR) is 53.9 cm³/mol. The van der Waals surface area contributed by atoms with Crippen molar-refractivity contribution in [3.63, 3.8) is 0 Å². The van der Waals surface area contributed by atoms with Crippen molar-refractivity contribution >= 4 is 0 Å². The first-order chi connectivity index (χ1) is 6.33. The van der Waals surface area contributed by atoms with Crippen LogP contribution in [0.3, 0.4) is 0 Å². The van der Waals surface area contributed by atoms with Crippen molar-refractivity contribution in [1.29, 1.82) is 0 Å².